The van der Waals surface area contributed by atoms with Crippen LogP contribution >= 0.6 is 0 Å². The monoisotopic (exact) mass is 421 g/mol. The van der Waals surface area contributed by atoms with Crippen LogP contribution in [0.25, 0.3) is 11.1 Å². The molecule has 32 heavy (non-hydrogen) atoms. The minimum Gasteiger partial charge on any atom is -0.478 e. The highest BCUT2D eigenvalue weighted by atomic mass is 16.4. The van der Waals surface area contributed by atoms with Crippen molar-refractivity contribution in [2.24, 2.45) is 0 Å². The largest absolute Gasteiger partial charge is 0.478 e. The van der Waals surface area contributed by atoms with Gasteiger partial charge >= 0.3 is 5.97 Å². The van der Waals surface area contributed by atoms with Gasteiger partial charge in [-0.2, -0.15) is 5.10 Å². The van der Waals surface area contributed by atoms with E-state index in [4.69, 9.17) is 5.10 Å². The minimum atomic E-state index is -0.933. The number of aromatic nitrogens is 3. The number of benzene rings is 3. The lowest BCUT2D eigenvalue weighted by Gasteiger charge is -2.08. The highest BCUT2D eigenvalue weighted by molar-refractivity contribution is 5.95. The molecule has 158 valence electrons. The van der Waals surface area contributed by atoms with E-state index in [-0.39, 0.29) is 0 Å². The average Bonchev–Trinajstić information content (AvgIpc) is 3.19. The number of rotatable bonds is 6. The molecule has 5 heteroatoms. The first-order chi connectivity index (χ1) is 15.6. The van der Waals surface area contributed by atoms with Crippen LogP contribution in [0.3, 0.4) is 0 Å². The molecule has 0 bridgehead atoms. The quantitative estimate of drug-likeness (QED) is 0.443. The molecule has 0 saturated heterocycles. The van der Waals surface area contributed by atoms with Gasteiger partial charge in [-0.1, -0.05) is 85.6 Å². The zero-order valence-corrected chi connectivity index (χ0v) is 17.8. The van der Waals surface area contributed by atoms with Crippen LogP contribution in [0.2, 0.25) is 0 Å². The highest BCUT2D eigenvalue weighted by Gasteiger charge is 2.12. The predicted octanol–water partition coefficient (Wildman–Crippen LogP) is 5.04. The van der Waals surface area contributed by atoms with Crippen molar-refractivity contribution in [1.29, 1.82) is 0 Å². The molecular formula is C27H23N3O2. The van der Waals surface area contributed by atoms with Gasteiger partial charge in [-0.3, -0.25) is 0 Å². The van der Waals surface area contributed by atoms with Crippen LogP contribution in [0.5, 0.6) is 0 Å². The summed E-state index contributed by atoms with van der Waals surface area (Å²) >= 11 is 0. The number of aromatic carboxylic acids is 1. The van der Waals surface area contributed by atoms with Crippen molar-refractivity contribution in [2.45, 2.75) is 26.3 Å². The first kappa shape index (κ1) is 21.1. The van der Waals surface area contributed by atoms with Gasteiger partial charge in [-0.05, 0) is 34.2 Å². The lowest BCUT2D eigenvalue weighted by atomic mass is 9.99. The van der Waals surface area contributed by atoms with Gasteiger partial charge in [0.2, 0.25) is 5.82 Å². The van der Waals surface area contributed by atoms with Gasteiger partial charge in [0.1, 0.15) is 0 Å². The Morgan fingerprint density at radius 2 is 1.66 bits per heavy atom. The van der Waals surface area contributed by atoms with E-state index in [0.717, 1.165) is 28.9 Å². The van der Waals surface area contributed by atoms with Crippen molar-refractivity contribution in [2.75, 3.05) is 0 Å². The van der Waals surface area contributed by atoms with Gasteiger partial charge in [0.15, 0.2) is 5.82 Å². The first-order valence-electron chi connectivity index (χ1n) is 10.5. The molecule has 5 nitrogen and oxygen atoms in total. The summed E-state index contributed by atoms with van der Waals surface area (Å²) in [7, 11) is 0. The average molecular weight is 422 g/mol. The molecule has 0 atom stereocenters. The second-order valence-electron chi connectivity index (χ2n) is 7.37. The van der Waals surface area contributed by atoms with Crippen molar-refractivity contribution in [3.8, 4) is 23.0 Å². The fourth-order valence-corrected chi connectivity index (χ4v) is 3.50. The number of carboxylic acids is 1. The van der Waals surface area contributed by atoms with Gasteiger partial charge in [0, 0.05) is 12.8 Å². The third-order valence-electron chi connectivity index (χ3n) is 5.05. The molecule has 4 aromatic rings. The van der Waals surface area contributed by atoms with E-state index in [1.165, 1.54) is 0 Å². The van der Waals surface area contributed by atoms with Crippen LogP contribution in [0, 0.1) is 11.8 Å². The lowest BCUT2D eigenvalue weighted by molar-refractivity contribution is 0.0697. The van der Waals surface area contributed by atoms with Gasteiger partial charge in [-0.25, -0.2) is 14.5 Å². The summed E-state index contributed by atoms with van der Waals surface area (Å²) in [5.74, 6) is 6.66. The molecule has 0 amide bonds. The molecule has 3 aromatic carbocycles. The normalized spacial score (nSPS) is 10.4. The van der Waals surface area contributed by atoms with E-state index in [9.17, 15) is 9.90 Å². The smallest absolute Gasteiger partial charge is 0.336 e. The molecular weight excluding hydrogens is 398 g/mol. The number of hydrogen-bond acceptors (Lipinski definition) is 3. The van der Waals surface area contributed by atoms with Crippen LogP contribution in [-0.2, 0) is 13.0 Å². The molecule has 4 rings (SSSR count). The van der Waals surface area contributed by atoms with Crippen molar-refractivity contribution >= 4 is 5.97 Å². The SMILES string of the molecule is CCC#Cc1nc(Cc2ccccc2)nn1Cc1ccc(-c2ccccc2C(=O)O)cc1. The summed E-state index contributed by atoms with van der Waals surface area (Å²) in [5, 5.41) is 14.2. The van der Waals surface area contributed by atoms with Crippen molar-refractivity contribution in [3.05, 3.63) is 107 Å². The van der Waals surface area contributed by atoms with Crippen LogP contribution < -0.4 is 0 Å². The van der Waals surface area contributed by atoms with Crippen molar-refractivity contribution < 1.29 is 9.90 Å². The molecule has 0 saturated carbocycles. The maximum absolute atomic E-state index is 11.5. The Kier molecular flexibility index (Phi) is 6.43. The van der Waals surface area contributed by atoms with E-state index in [2.05, 4.69) is 29.0 Å². The summed E-state index contributed by atoms with van der Waals surface area (Å²) in [6.45, 7) is 2.54. The Hall–Kier alpha value is -4.17. The molecule has 0 unspecified atom stereocenters. The number of hydrogen-bond donors (Lipinski definition) is 1. The maximum Gasteiger partial charge on any atom is 0.336 e. The summed E-state index contributed by atoms with van der Waals surface area (Å²) in [5.41, 5.74) is 4.05. The second kappa shape index (κ2) is 9.76. The highest BCUT2D eigenvalue weighted by Crippen LogP contribution is 2.24. The zero-order chi connectivity index (χ0) is 22.3. The molecule has 1 heterocycles. The number of nitrogens with zero attached hydrogens (tertiary/aromatic N) is 3. The van der Waals surface area contributed by atoms with E-state index < -0.39 is 5.97 Å². The Morgan fingerprint density at radius 1 is 0.938 bits per heavy atom. The van der Waals surface area contributed by atoms with E-state index in [1.54, 1.807) is 12.1 Å². The molecule has 1 aromatic heterocycles. The Bertz CT molecular complexity index is 1280. The fourth-order valence-electron chi connectivity index (χ4n) is 3.50. The topological polar surface area (TPSA) is 68.0 Å². The molecule has 0 aliphatic heterocycles. The molecule has 0 spiro atoms. The molecule has 0 radical (unpaired) electrons. The predicted molar refractivity (Wildman–Crippen MR) is 124 cm³/mol. The van der Waals surface area contributed by atoms with Crippen LogP contribution in [0.1, 0.15) is 46.5 Å². The van der Waals surface area contributed by atoms with E-state index in [1.807, 2.05) is 66.2 Å². The van der Waals surface area contributed by atoms with Gasteiger partial charge in [-0.15, -0.1) is 0 Å². The number of carbonyl (C=O) groups is 1. The number of carboxylic acid groups (broad SMARTS) is 1. The lowest BCUT2D eigenvalue weighted by Crippen LogP contribution is -2.05. The standard InChI is InChI=1S/C27H23N3O2/c1-2-3-13-26-28-25(18-20-9-5-4-6-10-20)29-30(26)19-21-14-16-22(17-15-21)23-11-7-8-12-24(23)27(31)32/h4-12,14-17H,2,18-19H2,1H3,(H,31,32). The van der Waals surface area contributed by atoms with Gasteiger partial charge in [0.25, 0.3) is 0 Å². The summed E-state index contributed by atoms with van der Waals surface area (Å²) in [4.78, 5) is 16.2. The van der Waals surface area contributed by atoms with Crippen molar-refractivity contribution in [3.63, 3.8) is 0 Å². The molecule has 0 aliphatic carbocycles. The van der Waals surface area contributed by atoms with Crippen molar-refractivity contribution in [1.82, 2.24) is 14.8 Å². The van der Waals surface area contributed by atoms with Gasteiger partial charge < -0.3 is 5.11 Å². The summed E-state index contributed by atoms with van der Waals surface area (Å²) < 4.78 is 1.83. The summed E-state index contributed by atoms with van der Waals surface area (Å²) in [6, 6.07) is 25.0. The van der Waals surface area contributed by atoms with E-state index >= 15 is 0 Å². The third kappa shape index (κ3) is 4.93. The van der Waals surface area contributed by atoms with E-state index in [0.29, 0.717) is 29.9 Å². The first-order valence-corrected chi connectivity index (χ1v) is 10.5. The maximum atomic E-state index is 11.5. The zero-order valence-electron chi connectivity index (χ0n) is 17.8. The Morgan fingerprint density at radius 3 is 2.38 bits per heavy atom. The fraction of sp³-hybridized carbons (Fsp3) is 0.148. The minimum absolute atomic E-state index is 0.291. The third-order valence-corrected chi connectivity index (χ3v) is 5.05. The molecule has 1 N–H and O–H groups in total. The van der Waals surface area contributed by atoms with Gasteiger partial charge in [0.05, 0.1) is 12.1 Å². The van der Waals surface area contributed by atoms with Crippen LogP contribution in [-0.4, -0.2) is 25.8 Å². The molecule has 0 fully saturated rings. The van der Waals surface area contributed by atoms with Crippen LogP contribution in [0.4, 0.5) is 0 Å². The Labute approximate surface area is 187 Å². The molecule has 0 aliphatic rings. The second-order valence-corrected chi connectivity index (χ2v) is 7.37. The summed E-state index contributed by atoms with van der Waals surface area (Å²) in [6.07, 6.45) is 1.40. The Balaban J connectivity index is 1.59. The van der Waals surface area contributed by atoms with Crippen LogP contribution in [0.15, 0.2) is 78.9 Å².